The molecule has 1 N–H and O–H groups in total. The first-order chi connectivity index (χ1) is 15.2. The second kappa shape index (κ2) is 8.62. The number of hydrogen-bond donors (Lipinski definition) is 1. The predicted octanol–water partition coefficient (Wildman–Crippen LogP) is 7.48. The van der Waals surface area contributed by atoms with Gasteiger partial charge in [0.25, 0.3) is 0 Å². The smallest absolute Gasteiger partial charge is 0.281 e. The van der Waals surface area contributed by atoms with Gasteiger partial charge in [-0.2, -0.15) is 34.8 Å². The van der Waals surface area contributed by atoms with Crippen LogP contribution in [0.3, 0.4) is 0 Å². The van der Waals surface area contributed by atoms with Crippen LogP contribution in [0.2, 0.25) is 0 Å². The Labute approximate surface area is 189 Å². The fraction of sp³-hybridized carbons (Fsp3) is 0.182. The number of benzene rings is 3. The Kier molecular flexibility index (Phi) is 6.53. The van der Waals surface area contributed by atoms with E-state index in [4.69, 9.17) is 4.55 Å². The molecule has 0 saturated heterocycles. The predicted molar refractivity (Wildman–Crippen MR) is 117 cm³/mol. The molecule has 0 aliphatic rings. The van der Waals surface area contributed by atoms with E-state index in [2.05, 4.69) is 72.8 Å². The van der Waals surface area contributed by atoms with Gasteiger partial charge in [0.15, 0.2) is 0 Å². The maximum absolute atomic E-state index is 12.2. The van der Waals surface area contributed by atoms with Gasteiger partial charge in [-0.1, -0.05) is 60.7 Å². The Morgan fingerprint density at radius 2 is 1.30 bits per heavy atom. The molecule has 4 rings (SSSR count). The van der Waals surface area contributed by atoms with Gasteiger partial charge < -0.3 is 0 Å². The second-order valence-electron chi connectivity index (χ2n) is 7.10. The summed E-state index contributed by atoms with van der Waals surface area (Å²) in [6.07, 6.45) is 0. The Bertz CT molecular complexity index is 1380. The van der Waals surface area contributed by atoms with E-state index in [0.29, 0.717) is 0 Å². The monoisotopic (exact) mass is 506 g/mol. The highest BCUT2D eigenvalue weighted by molar-refractivity contribution is 7.87. The maximum Gasteiger partial charge on any atom is 0.437 e. The van der Waals surface area contributed by atoms with Crippen LogP contribution in [-0.4, -0.2) is 30.1 Å². The quantitative estimate of drug-likeness (QED) is 0.231. The van der Waals surface area contributed by atoms with Crippen LogP contribution in [0.25, 0.3) is 31.3 Å². The topological polar surface area (TPSA) is 54.4 Å². The normalized spacial score (nSPS) is 13.1. The summed E-state index contributed by atoms with van der Waals surface area (Å²) in [5.41, 5.74) is 2.62. The van der Waals surface area contributed by atoms with E-state index in [-0.39, 0.29) is 0 Å². The first-order valence-electron chi connectivity index (χ1n) is 9.24. The van der Waals surface area contributed by atoms with Crippen LogP contribution in [0.15, 0.2) is 72.8 Å². The van der Waals surface area contributed by atoms with Crippen LogP contribution < -0.4 is 0 Å². The lowest BCUT2D eigenvalue weighted by Crippen LogP contribution is -2.56. The van der Waals surface area contributed by atoms with Crippen molar-refractivity contribution in [3.63, 3.8) is 0 Å². The maximum atomic E-state index is 12.2. The molecule has 0 fully saturated rings. The molecule has 0 amide bonds. The van der Waals surface area contributed by atoms with Crippen molar-refractivity contribution in [2.45, 2.75) is 24.0 Å². The van der Waals surface area contributed by atoms with Crippen molar-refractivity contribution in [2.75, 3.05) is 0 Å². The van der Waals surface area contributed by atoms with E-state index in [0.717, 1.165) is 0 Å². The highest BCUT2D eigenvalue weighted by atomic mass is 32.2. The fourth-order valence-electron chi connectivity index (χ4n) is 3.05. The molecule has 3 aromatic carbocycles. The van der Waals surface area contributed by atoms with Crippen molar-refractivity contribution in [1.82, 2.24) is 0 Å². The third kappa shape index (κ3) is 4.57. The average molecular weight is 506 g/mol. The molecule has 0 aliphatic carbocycles. The molecule has 0 bridgehead atoms. The average Bonchev–Trinajstić information content (AvgIpc) is 3.12. The molecule has 176 valence electrons. The fourth-order valence-corrected chi connectivity index (χ4v) is 4.69. The number of hydrogen-bond acceptors (Lipinski definition) is 3. The lowest BCUT2D eigenvalue weighted by atomic mass is 10.00. The molecule has 0 atom stereocenters. The molecule has 3 nitrogen and oxygen atoms in total. The van der Waals surface area contributed by atoms with Crippen molar-refractivity contribution in [3.8, 4) is 11.1 Å². The molecular formula is C22H16F6O3S2. The third-order valence-electron chi connectivity index (χ3n) is 4.73. The summed E-state index contributed by atoms with van der Waals surface area (Å²) in [5.74, 6) is -11.5. The van der Waals surface area contributed by atoms with E-state index >= 15 is 0 Å². The summed E-state index contributed by atoms with van der Waals surface area (Å²) >= 11 is 1.87. The molecule has 0 aliphatic heterocycles. The summed E-state index contributed by atoms with van der Waals surface area (Å²) < 4.78 is 102. The number of alkyl halides is 6. The Hall–Kier alpha value is -2.63. The van der Waals surface area contributed by atoms with Crippen LogP contribution in [0.5, 0.6) is 0 Å². The van der Waals surface area contributed by atoms with Gasteiger partial charge in [-0.05, 0) is 23.3 Å². The lowest BCUT2D eigenvalue weighted by molar-refractivity contribution is -0.273. The van der Waals surface area contributed by atoms with Crippen molar-refractivity contribution in [2.24, 2.45) is 0 Å². The molecule has 1 aromatic heterocycles. The van der Waals surface area contributed by atoms with Gasteiger partial charge in [0.1, 0.15) is 0 Å². The van der Waals surface area contributed by atoms with Gasteiger partial charge in [0, 0.05) is 27.1 Å². The molecule has 33 heavy (non-hydrogen) atoms. The standard InChI is InChI=1S/C18H12S.C4H4F6O3S/c1-2-7-13(8-3-1)14-10-6-12-17-18(14)15-9-4-5-11-16(15)19-17;1-2(5,6)3(7,8)4(9,10)14(11,12)13/h1-12H;1H3,(H,11,12,13). The van der Waals surface area contributed by atoms with Gasteiger partial charge >= 0.3 is 27.2 Å². The number of fused-ring (bicyclic) bond motifs is 3. The molecule has 0 saturated carbocycles. The van der Waals surface area contributed by atoms with E-state index in [1.807, 2.05) is 11.3 Å². The molecule has 0 radical (unpaired) electrons. The van der Waals surface area contributed by atoms with E-state index < -0.39 is 34.1 Å². The van der Waals surface area contributed by atoms with Crippen LogP contribution in [0.1, 0.15) is 6.92 Å². The molecule has 4 aromatic rings. The zero-order valence-electron chi connectivity index (χ0n) is 16.8. The van der Waals surface area contributed by atoms with E-state index in [9.17, 15) is 34.8 Å². The van der Waals surface area contributed by atoms with Crippen LogP contribution in [0.4, 0.5) is 26.3 Å². The minimum atomic E-state index is -6.61. The highest BCUT2D eigenvalue weighted by Gasteiger charge is 2.75. The van der Waals surface area contributed by atoms with Gasteiger partial charge in [0.2, 0.25) is 0 Å². The second-order valence-corrected chi connectivity index (χ2v) is 9.64. The summed E-state index contributed by atoms with van der Waals surface area (Å²) in [4.78, 5) is 0. The van der Waals surface area contributed by atoms with Gasteiger partial charge in [-0.15, -0.1) is 11.3 Å². The van der Waals surface area contributed by atoms with Gasteiger partial charge in [-0.25, -0.2) is 0 Å². The zero-order valence-corrected chi connectivity index (χ0v) is 18.4. The van der Waals surface area contributed by atoms with Crippen LogP contribution in [-0.2, 0) is 10.1 Å². The van der Waals surface area contributed by atoms with Crippen molar-refractivity contribution in [1.29, 1.82) is 0 Å². The SMILES string of the molecule is CC(F)(F)C(F)(F)C(F)(F)S(=O)(=O)O.c1ccc(-c2cccc3sc4ccccc4c23)cc1. The number of thiophene rings is 1. The minimum Gasteiger partial charge on any atom is -0.281 e. The Morgan fingerprint density at radius 1 is 0.758 bits per heavy atom. The Morgan fingerprint density at radius 3 is 1.85 bits per heavy atom. The summed E-state index contributed by atoms with van der Waals surface area (Å²) in [6, 6.07) is 25.9. The third-order valence-corrected chi connectivity index (χ3v) is 6.77. The molecule has 0 unspecified atom stereocenters. The first-order valence-corrected chi connectivity index (χ1v) is 11.5. The van der Waals surface area contributed by atoms with Crippen LogP contribution >= 0.6 is 11.3 Å². The Balaban J connectivity index is 0.000000197. The first kappa shape index (κ1) is 25.0. The molecular weight excluding hydrogens is 490 g/mol. The van der Waals surface area contributed by atoms with Crippen molar-refractivity contribution >= 4 is 41.6 Å². The van der Waals surface area contributed by atoms with Gasteiger partial charge in [-0.3, -0.25) is 4.55 Å². The number of halogens is 6. The largest absolute Gasteiger partial charge is 0.437 e. The molecule has 0 spiro atoms. The van der Waals surface area contributed by atoms with Crippen LogP contribution in [0, 0.1) is 0 Å². The van der Waals surface area contributed by atoms with Crippen molar-refractivity contribution in [3.05, 3.63) is 72.8 Å². The number of rotatable bonds is 4. The van der Waals surface area contributed by atoms with E-state index in [1.54, 1.807) is 0 Å². The molecule has 1 heterocycles. The molecule has 11 heteroatoms. The highest BCUT2D eigenvalue weighted by Crippen LogP contribution is 2.47. The van der Waals surface area contributed by atoms with E-state index in [1.165, 1.54) is 31.3 Å². The van der Waals surface area contributed by atoms with Crippen molar-refractivity contribution < 1.29 is 39.3 Å². The summed E-state index contributed by atoms with van der Waals surface area (Å²) in [6.45, 7) is -0.591. The minimum absolute atomic E-state index is 0.591. The lowest BCUT2D eigenvalue weighted by Gasteiger charge is -2.28. The van der Waals surface area contributed by atoms with Gasteiger partial charge in [0.05, 0.1) is 0 Å². The summed E-state index contributed by atoms with van der Waals surface area (Å²) in [5, 5.41) is -3.49. The summed E-state index contributed by atoms with van der Waals surface area (Å²) in [7, 11) is -6.61. The zero-order chi connectivity index (χ0) is 24.7.